The number of aromatic nitrogens is 1. The number of anilines is 1. The van der Waals surface area contributed by atoms with E-state index >= 15 is 0 Å². The number of hydrogen-bond donors (Lipinski definition) is 2. The van der Waals surface area contributed by atoms with E-state index in [9.17, 15) is 19.5 Å². The highest BCUT2D eigenvalue weighted by Gasteiger charge is 2.22. The number of nitrogens with zero attached hydrogens (tertiary/aromatic N) is 1. The number of rotatable bonds is 7. The Morgan fingerprint density at radius 2 is 1.59 bits per heavy atom. The Labute approximate surface area is 184 Å². The third-order valence-electron chi connectivity index (χ3n) is 4.75. The lowest BCUT2D eigenvalue weighted by Crippen LogP contribution is -2.13. The number of ether oxygens (including phenoxy) is 3. The van der Waals surface area contributed by atoms with Crippen LogP contribution in [0.15, 0.2) is 48.7 Å². The number of ketones is 1. The molecule has 0 saturated carbocycles. The van der Waals surface area contributed by atoms with E-state index in [0.29, 0.717) is 28.5 Å². The molecule has 3 rings (SSSR count). The van der Waals surface area contributed by atoms with E-state index in [1.807, 2.05) is 0 Å². The zero-order valence-corrected chi connectivity index (χ0v) is 18.0. The fourth-order valence-electron chi connectivity index (χ4n) is 3.34. The van der Waals surface area contributed by atoms with Crippen LogP contribution < -0.4 is 19.5 Å². The van der Waals surface area contributed by atoms with Crippen molar-refractivity contribution in [3.8, 4) is 28.5 Å². The molecule has 0 unspecified atom stereocenters. The van der Waals surface area contributed by atoms with Crippen LogP contribution in [0.4, 0.5) is 10.5 Å². The molecule has 0 aliphatic rings. The number of hydrogen-bond acceptors (Lipinski definition) is 6. The summed E-state index contributed by atoms with van der Waals surface area (Å²) in [6.45, 7) is 1.33. The summed E-state index contributed by atoms with van der Waals surface area (Å²) >= 11 is 0. The minimum Gasteiger partial charge on any atom is -0.493 e. The first kappa shape index (κ1) is 22.4. The molecule has 32 heavy (non-hydrogen) atoms. The summed E-state index contributed by atoms with van der Waals surface area (Å²) in [5, 5.41) is 12.1. The second-order valence-corrected chi connectivity index (χ2v) is 6.73. The van der Waals surface area contributed by atoms with Crippen molar-refractivity contribution in [1.82, 2.24) is 4.57 Å². The lowest BCUT2D eigenvalue weighted by Gasteiger charge is -2.15. The van der Waals surface area contributed by atoms with Crippen molar-refractivity contribution in [3.63, 3.8) is 0 Å². The standard InChI is InChI=1S/C23H22N2O7/c1-13(26)24-17-8-7-14(18-6-5-9-25(18)23(28)29)10-16(17)21(27)15-11-19(30-2)22(32-4)20(12-15)31-3/h5-12H,1-4H3,(H,24,26)(H,28,29). The van der Waals surface area contributed by atoms with Gasteiger partial charge in [0.2, 0.25) is 11.7 Å². The summed E-state index contributed by atoms with van der Waals surface area (Å²) in [6, 6.07) is 10.9. The van der Waals surface area contributed by atoms with Gasteiger partial charge < -0.3 is 24.6 Å². The van der Waals surface area contributed by atoms with Crippen molar-refractivity contribution in [1.29, 1.82) is 0 Å². The van der Waals surface area contributed by atoms with E-state index in [0.717, 1.165) is 4.57 Å². The number of carbonyl (C=O) groups is 3. The first-order chi connectivity index (χ1) is 15.3. The van der Waals surface area contributed by atoms with Gasteiger partial charge >= 0.3 is 6.09 Å². The van der Waals surface area contributed by atoms with Crippen LogP contribution in [0.25, 0.3) is 11.3 Å². The maximum Gasteiger partial charge on any atom is 0.415 e. The number of methoxy groups -OCH3 is 3. The van der Waals surface area contributed by atoms with Gasteiger partial charge in [-0.3, -0.25) is 14.2 Å². The van der Waals surface area contributed by atoms with Crippen LogP contribution in [0, 0.1) is 0 Å². The monoisotopic (exact) mass is 438 g/mol. The van der Waals surface area contributed by atoms with E-state index in [1.54, 1.807) is 24.3 Å². The first-order valence-electron chi connectivity index (χ1n) is 9.48. The third kappa shape index (κ3) is 4.27. The van der Waals surface area contributed by atoms with E-state index in [1.165, 1.54) is 52.6 Å². The van der Waals surface area contributed by atoms with Crippen LogP contribution in [0.2, 0.25) is 0 Å². The van der Waals surface area contributed by atoms with Gasteiger partial charge in [0.25, 0.3) is 0 Å². The molecule has 1 heterocycles. The smallest absolute Gasteiger partial charge is 0.415 e. The molecule has 3 aromatic rings. The van der Waals surface area contributed by atoms with Gasteiger partial charge in [-0.15, -0.1) is 0 Å². The second-order valence-electron chi connectivity index (χ2n) is 6.73. The van der Waals surface area contributed by atoms with Gasteiger partial charge in [0, 0.05) is 24.2 Å². The highest BCUT2D eigenvalue weighted by Crippen LogP contribution is 2.39. The number of nitrogens with one attached hydrogen (secondary N) is 1. The van der Waals surface area contributed by atoms with Gasteiger partial charge in [-0.1, -0.05) is 6.07 Å². The molecule has 166 valence electrons. The topological polar surface area (TPSA) is 116 Å². The predicted molar refractivity (Wildman–Crippen MR) is 117 cm³/mol. The summed E-state index contributed by atoms with van der Waals surface area (Å²) in [4.78, 5) is 36.7. The zero-order valence-electron chi connectivity index (χ0n) is 18.0. The zero-order chi connectivity index (χ0) is 23.4. The molecule has 0 radical (unpaired) electrons. The molecule has 2 N–H and O–H groups in total. The number of carboxylic acid groups (broad SMARTS) is 1. The summed E-state index contributed by atoms with van der Waals surface area (Å²) in [5.74, 6) is 0.148. The van der Waals surface area contributed by atoms with E-state index in [4.69, 9.17) is 14.2 Å². The minimum atomic E-state index is -1.16. The number of carbonyl (C=O) groups excluding carboxylic acids is 2. The van der Waals surface area contributed by atoms with Crippen molar-refractivity contribution >= 4 is 23.5 Å². The van der Waals surface area contributed by atoms with Gasteiger partial charge in [-0.25, -0.2) is 4.79 Å². The molecule has 1 amide bonds. The Morgan fingerprint density at radius 1 is 0.938 bits per heavy atom. The van der Waals surface area contributed by atoms with Crippen molar-refractivity contribution in [2.24, 2.45) is 0 Å². The Hall–Kier alpha value is -4.27. The molecule has 0 spiro atoms. The quantitative estimate of drug-likeness (QED) is 0.538. The van der Waals surface area contributed by atoms with Gasteiger partial charge in [0.1, 0.15) is 0 Å². The largest absolute Gasteiger partial charge is 0.493 e. The van der Waals surface area contributed by atoms with Gasteiger partial charge in [0.15, 0.2) is 17.3 Å². The van der Waals surface area contributed by atoms with Gasteiger partial charge in [0.05, 0.1) is 32.7 Å². The Bertz CT molecular complexity index is 1170. The summed E-state index contributed by atoms with van der Waals surface area (Å²) in [7, 11) is 4.34. The van der Waals surface area contributed by atoms with E-state index < -0.39 is 11.9 Å². The molecule has 2 aromatic carbocycles. The van der Waals surface area contributed by atoms with Crippen LogP contribution in [0.1, 0.15) is 22.8 Å². The Balaban J connectivity index is 2.18. The Kier molecular flexibility index (Phi) is 6.48. The maximum atomic E-state index is 13.5. The Morgan fingerprint density at radius 3 is 2.12 bits per heavy atom. The maximum absolute atomic E-state index is 13.5. The molecule has 0 bridgehead atoms. The van der Waals surface area contributed by atoms with Crippen LogP contribution in [0.3, 0.4) is 0 Å². The van der Waals surface area contributed by atoms with Crippen molar-refractivity contribution < 1.29 is 33.7 Å². The normalized spacial score (nSPS) is 10.4. The number of amides is 1. The second kappa shape index (κ2) is 9.25. The molecule has 9 nitrogen and oxygen atoms in total. The van der Waals surface area contributed by atoms with Crippen molar-refractivity contribution in [3.05, 3.63) is 59.8 Å². The SMILES string of the molecule is COc1cc(C(=O)c2cc(-c3cccn3C(=O)O)ccc2NC(C)=O)cc(OC)c1OC. The summed E-state index contributed by atoms with van der Waals surface area (Å²) in [5.41, 5.74) is 1.56. The lowest BCUT2D eigenvalue weighted by atomic mass is 9.97. The lowest BCUT2D eigenvalue weighted by molar-refractivity contribution is -0.114. The minimum absolute atomic E-state index is 0.171. The highest BCUT2D eigenvalue weighted by molar-refractivity contribution is 6.15. The van der Waals surface area contributed by atoms with Crippen molar-refractivity contribution in [2.45, 2.75) is 6.92 Å². The van der Waals surface area contributed by atoms with Crippen LogP contribution >= 0.6 is 0 Å². The highest BCUT2D eigenvalue weighted by atomic mass is 16.5. The average Bonchev–Trinajstić information content (AvgIpc) is 3.27. The molecule has 9 heteroatoms. The average molecular weight is 438 g/mol. The molecular formula is C23H22N2O7. The first-order valence-corrected chi connectivity index (χ1v) is 9.48. The molecule has 1 aromatic heterocycles. The molecule has 0 fully saturated rings. The van der Waals surface area contributed by atoms with Gasteiger partial charge in [-0.2, -0.15) is 0 Å². The van der Waals surface area contributed by atoms with Gasteiger partial charge in [-0.05, 0) is 42.0 Å². The van der Waals surface area contributed by atoms with E-state index in [2.05, 4.69) is 5.32 Å². The fourth-order valence-corrected chi connectivity index (χ4v) is 3.34. The number of benzene rings is 2. The molecular weight excluding hydrogens is 416 g/mol. The van der Waals surface area contributed by atoms with Crippen LogP contribution in [0.5, 0.6) is 17.2 Å². The predicted octanol–water partition coefficient (Wildman–Crippen LogP) is 3.90. The fraction of sp³-hybridized carbons (Fsp3) is 0.174. The summed E-state index contributed by atoms with van der Waals surface area (Å²) in [6.07, 6.45) is 0.244. The summed E-state index contributed by atoms with van der Waals surface area (Å²) < 4.78 is 17.0. The van der Waals surface area contributed by atoms with Crippen LogP contribution in [-0.2, 0) is 4.79 Å². The molecule has 0 aliphatic carbocycles. The molecule has 0 aliphatic heterocycles. The van der Waals surface area contributed by atoms with Crippen LogP contribution in [-0.4, -0.2) is 48.8 Å². The molecule has 0 atom stereocenters. The molecule has 0 saturated heterocycles. The van der Waals surface area contributed by atoms with E-state index in [-0.39, 0.29) is 22.7 Å². The van der Waals surface area contributed by atoms with Crippen molar-refractivity contribution in [2.75, 3.05) is 26.6 Å². The third-order valence-corrected chi connectivity index (χ3v) is 4.75.